The molecule has 0 saturated carbocycles. The first-order chi connectivity index (χ1) is 14.2. The highest BCUT2D eigenvalue weighted by atomic mass is 16.3. The van der Waals surface area contributed by atoms with Crippen LogP contribution in [-0.4, -0.2) is 27.3 Å². The minimum atomic E-state index is -0.825. The maximum Gasteiger partial charge on any atom is 0.220 e. The molecule has 3 N–H and O–H groups in total. The topological polar surface area (TPSA) is 79.2 Å². The van der Waals surface area contributed by atoms with E-state index in [-0.39, 0.29) is 5.91 Å². The third-order valence-corrected chi connectivity index (χ3v) is 5.26. The number of nitrogens with zero attached hydrogens (tertiary/aromatic N) is 2. The summed E-state index contributed by atoms with van der Waals surface area (Å²) in [5.74, 6) is -0.0991. The molecule has 29 heavy (non-hydrogen) atoms. The normalized spacial score (nSPS) is 15.3. The number of aryl methyl sites for hydroxylation is 1. The van der Waals surface area contributed by atoms with Gasteiger partial charge in [0.15, 0.2) is 0 Å². The van der Waals surface area contributed by atoms with Crippen LogP contribution >= 0.6 is 0 Å². The summed E-state index contributed by atoms with van der Waals surface area (Å²) < 4.78 is 2.01. The molecule has 0 spiro atoms. The summed E-state index contributed by atoms with van der Waals surface area (Å²) in [5, 5.41) is 21.9. The summed E-state index contributed by atoms with van der Waals surface area (Å²) in [6, 6.07) is 20.6. The zero-order chi connectivity index (χ0) is 20.1. The first-order valence-electron chi connectivity index (χ1n) is 10.0. The summed E-state index contributed by atoms with van der Waals surface area (Å²) in [6.45, 7) is 2.60. The van der Waals surface area contributed by atoms with Gasteiger partial charge < -0.3 is 15.7 Å². The molecule has 2 atom stereocenters. The number of benzene rings is 2. The van der Waals surface area contributed by atoms with Crippen LogP contribution in [0.2, 0.25) is 0 Å². The van der Waals surface area contributed by atoms with Gasteiger partial charge in [0.05, 0.1) is 24.0 Å². The highest BCUT2D eigenvalue weighted by molar-refractivity contribution is 5.76. The van der Waals surface area contributed by atoms with Crippen LogP contribution in [0.1, 0.15) is 41.1 Å². The van der Waals surface area contributed by atoms with Gasteiger partial charge in [-0.1, -0.05) is 60.7 Å². The largest absolute Gasteiger partial charge is 0.386 e. The first-order valence-corrected chi connectivity index (χ1v) is 10.0. The third-order valence-electron chi connectivity index (χ3n) is 5.26. The fourth-order valence-corrected chi connectivity index (χ4v) is 3.71. The van der Waals surface area contributed by atoms with Crippen molar-refractivity contribution in [1.29, 1.82) is 0 Å². The highest BCUT2D eigenvalue weighted by Crippen LogP contribution is 2.28. The Morgan fingerprint density at radius 3 is 2.48 bits per heavy atom. The molecule has 3 aromatic rings. The monoisotopic (exact) mass is 390 g/mol. The highest BCUT2D eigenvalue weighted by Gasteiger charge is 2.24. The molecule has 0 saturated heterocycles. The van der Waals surface area contributed by atoms with Gasteiger partial charge in [-0.15, -0.1) is 0 Å². The number of carbonyl (C=O) groups excluding carboxylic acids is 1. The maximum atomic E-state index is 12.7. The maximum absolute atomic E-state index is 12.7. The molecule has 6 heteroatoms. The number of rotatable bonds is 7. The standard InChI is InChI=1S/C23H26N4O2/c28-21(12-11-19-15-20-16-24-13-14-27(20)26-19)25-22(17-7-3-1-4-8-17)23(29)18-9-5-2-6-10-18/h1-10,15,22-24,29H,11-14,16H2,(H,25,28)/t22-,23+/m0/s1. The zero-order valence-corrected chi connectivity index (χ0v) is 16.3. The van der Waals surface area contributed by atoms with Crippen LogP contribution in [-0.2, 0) is 24.3 Å². The lowest BCUT2D eigenvalue weighted by Crippen LogP contribution is -2.32. The van der Waals surface area contributed by atoms with Gasteiger partial charge in [-0.2, -0.15) is 5.10 Å². The third kappa shape index (κ3) is 4.72. The Kier molecular flexibility index (Phi) is 6.03. The van der Waals surface area contributed by atoms with Gasteiger partial charge in [-0.3, -0.25) is 9.48 Å². The Morgan fingerprint density at radius 1 is 1.10 bits per heavy atom. The van der Waals surface area contributed by atoms with Crippen molar-refractivity contribution in [3.63, 3.8) is 0 Å². The molecule has 0 radical (unpaired) electrons. The average Bonchev–Trinajstić information content (AvgIpc) is 3.20. The van der Waals surface area contributed by atoms with Crippen molar-refractivity contribution < 1.29 is 9.90 Å². The number of fused-ring (bicyclic) bond motifs is 1. The second-order valence-corrected chi connectivity index (χ2v) is 7.34. The van der Waals surface area contributed by atoms with E-state index in [9.17, 15) is 9.90 Å². The molecule has 6 nitrogen and oxygen atoms in total. The molecule has 0 aliphatic carbocycles. The molecular formula is C23H26N4O2. The number of aliphatic hydroxyl groups excluding tert-OH is 1. The Hall–Kier alpha value is -2.96. The summed E-state index contributed by atoms with van der Waals surface area (Å²) in [5.41, 5.74) is 3.74. The zero-order valence-electron chi connectivity index (χ0n) is 16.3. The lowest BCUT2D eigenvalue weighted by atomic mass is 9.95. The van der Waals surface area contributed by atoms with E-state index in [1.54, 1.807) is 0 Å². The van der Waals surface area contributed by atoms with Crippen molar-refractivity contribution in [3.05, 3.63) is 89.2 Å². The van der Waals surface area contributed by atoms with E-state index in [1.807, 2.05) is 65.3 Å². The molecule has 1 aliphatic heterocycles. The molecule has 2 heterocycles. The summed E-state index contributed by atoms with van der Waals surface area (Å²) in [7, 11) is 0. The van der Waals surface area contributed by atoms with E-state index in [1.165, 1.54) is 0 Å². The molecule has 0 fully saturated rings. The number of hydrogen-bond donors (Lipinski definition) is 3. The predicted octanol–water partition coefficient (Wildman–Crippen LogP) is 2.51. The molecule has 2 aromatic carbocycles. The van der Waals surface area contributed by atoms with Crippen LogP contribution < -0.4 is 10.6 Å². The minimum absolute atomic E-state index is 0.0991. The molecule has 150 valence electrons. The summed E-state index contributed by atoms with van der Waals surface area (Å²) >= 11 is 0. The number of aliphatic hydroxyl groups is 1. The van der Waals surface area contributed by atoms with Crippen molar-refractivity contribution in [2.24, 2.45) is 0 Å². The van der Waals surface area contributed by atoms with Crippen molar-refractivity contribution in [2.75, 3.05) is 6.54 Å². The molecule has 1 aliphatic rings. The quantitative estimate of drug-likeness (QED) is 0.579. The Labute approximate surface area is 170 Å². The number of nitrogens with one attached hydrogen (secondary N) is 2. The smallest absolute Gasteiger partial charge is 0.220 e. The Morgan fingerprint density at radius 2 is 1.79 bits per heavy atom. The van der Waals surface area contributed by atoms with Gasteiger partial charge in [0, 0.05) is 25.9 Å². The number of hydrogen-bond acceptors (Lipinski definition) is 4. The first kappa shape index (κ1) is 19.4. The van der Waals surface area contributed by atoms with Crippen molar-refractivity contribution >= 4 is 5.91 Å². The van der Waals surface area contributed by atoms with E-state index in [4.69, 9.17) is 0 Å². The number of aromatic nitrogens is 2. The summed E-state index contributed by atoms with van der Waals surface area (Å²) in [4.78, 5) is 12.7. The van der Waals surface area contributed by atoms with Crippen molar-refractivity contribution in [2.45, 2.75) is 38.1 Å². The molecule has 4 rings (SSSR count). The SMILES string of the molecule is O=C(CCc1cc2n(n1)CCNC2)N[C@@H](c1ccccc1)[C@H](O)c1ccccc1. The van der Waals surface area contributed by atoms with E-state index in [0.29, 0.717) is 12.8 Å². The second kappa shape index (κ2) is 9.03. The van der Waals surface area contributed by atoms with Crippen molar-refractivity contribution in [1.82, 2.24) is 20.4 Å². The van der Waals surface area contributed by atoms with Gasteiger partial charge >= 0.3 is 0 Å². The van der Waals surface area contributed by atoms with Crippen LogP contribution in [0.15, 0.2) is 66.7 Å². The van der Waals surface area contributed by atoms with Gasteiger partial charge in [-0.05, 0) is 17.2 Å². The van der Waals surface area contributed by atoms with Gasteiger partial charge in [0.1, 0.15) is 6.10 Å². The van der Waals surface area contributed by atoms with Gasteiger partial charge in [0.2, 0.25) is 5.91 Å². The lowest BCUT2D eigenvalue weighted by molar-refractivity contribution is -0.122. The average molecular weight is 390 g/mol. The van der Waals surface area contributed by atoms with Crippen LogP contribution in [0.5, 0.6) is 0 Å². The van der Waals surface area contributed by atoms with E-state index in [2.05, 4.69) is 21.8 Å². The lowest BCUT2D eigenvalue weighted by Gasteiger charge is -2.25. The summed E-state index contributed by atoms with van der Waals surface area (Å²) in [6.07, 6.45) is 0.0808. The number of amides is 1. The fraction of sp³-hybridized carbons (Fsp3) is 0.304. The Bertz CT molecular complexity index is 917. The molecule has 0 bridgehead atoms. The van der Waals surface area contributed by atoms with E-state index < -0.39 is 12.1 Å². The molecule has 1 aromatic heterocycles. The fourth-order valence-electron chi connectivity index (χ4n) is 3.71. The van der Waals surface area contributed by atoms with Gasteiger partial charge in [0.25, 0.3) is 0 Å². The van der Waals surface area contributed by atoms with Gasteiger partial charge in [-0.25, -0.2) is 0 Å². The second-order valence-electron chi connectivity index (χ2n) is 7.34. The van der Waals surface area contributed by atoms with Crippen LogP contribution in [0.3, 0.4) is 0 Å². The van der Waals surface area contributed by atoms with E-state index >= 15 is 0 Å². The van der Waals surface area contributed by atoms with Crippen LogP contribution in [0, 0.1) is 0 Å². The molecular weight excluding hydrogens is 364 g/mol. The van der Waals surface area contributed by atoms with Crippen molar-refractivity contribution in [3.8, 4) is 0 Å². The van der Waals surface area contributed by atoms with Crippen LogP contribution in [0.4, 0.5) is 0 Å². The minimum Gasteiger partial charge on any atom is -0.386 e. The number of carbonyl (C=O) groups is 1. The van der Waals surface area contributed by atoms with E-state index in [0.717, 1.165) is 42.1 Å². The molecule has 1 amide bonds. The molecule has 0 unspecified atom stereocenters. The predicted molar refractivity (Wildman–Crippen MR) is 111 cm³/mol. The van der Waals surface area contributed by atoms with Crippen LogP contribution in [0.25, 0.3) is 0 Å². The Balaban J connectivity index is 1.44.